The summed E-state index contributed by atoms with van der Waals surface area (Å²) in [5.41, 5.74) is 1.24. The third-order valence-electron chi connectivity index (χ3n) is 5.98. The number of carbonyl (C=O) groups is 4. The van der Waals surface area contributed by atoms with Crippen molar-refractivity contribution in [3.05, 3.63) is 46.6 Å². The van der Waals surface area contributed by atoms with Crippen molar-refractivity contribution in [2.45, 2.75) is 39.5 Å². The summed E-state index contributed by atoms with van der Waals surface area (Å²) in [5, 5.41) is 0. The predicted octanol–water partition coefficient (Wildman–Crippen LogP) is 2.84. The summed E-state index contributed by atoms with van der Waals surface area (Å²) in [6.45, 7) is 2.80. The van der Waals surface area contributed by atoms with E-state index in [1.165, 1.54) is 13.8 Å². The minimum absolute atomic E-state index is 0.00661. The molecule has 0 aromatic heterocycles. The summed E-state index contributed by atoms with van der Waals surface area (Å²) in [6, 6.07) is 0. The van der Waals surface area contributed by atoms with Crippen LogP contribution in [0.25, 0.3) is 0 Å². The fourth-order valence-electron chi connectivity index (χ4n) is 4.40. The molecule has 4 rings (SSSR count). The Morgan fingerprint density at radius 1 is 0.800 bits per heavy atom. The molecule has 0 aromatic rings. The van der Waals surface area contributed by atoms with Gasteiger partial charge in [-0.3, -0.25) is 19.2 Å². The van der Waals surface area contributed by atoms with Crippen molar-refractivity contribution in [2.75, 3.05) is 0 Å². The number of ketones is 4. The molecular formula is C21H20O4. The van der Waals surface area contributed by atoms with Crippen LogP contribution >= 0.6 is 0 Å². The van der Waals surface area contributed by atoms with Crippen molar-refractivity contribution >= 4 is 23.1 Å². The highest BCUT2D eigenvalue weighted by Crippen LogP contribution is 2.42. The zero-order valence-electron chi connectivity index (χ0n) is 14.4. The molecule has 0 N–H and O–H groups in total. The Hall–Kier alpha value is -2.36. The molecule has 0 aromatic carbocycles. The van der Waals surface area contributed by atoms with Crippen molar-refractivity contribution in [1.29, 1.82) is 0 Å². The lowest BCUT2D eigenvalue weighted by Gasteiger charge is -2.21. The normalized spacial score (nSPS) is 26.2. The minimum atomic E-state index is -1.63. The van der Waals surface area contributed by atoms with Crippen LogP contribution in [0.2, 0.25) is 0 Å². The van der Waals surface area contributed by atoms with Gasteiger partial charge >= 0.3 is 0 Å². The molecule has 2 unspecified atom stereocenters. The number of rotatable bonds is 6. The largest absolute Gasteiger partial charge is 0.289 e. The summed E-state index contributed by atoms with van der Waals surface area (Å²) in [6.07, 6.45) is 10.9. The van der Waals surface area contributed by atoms with Gasteiger partial charge in [-0.2, -0.15) is 0 Å². The van der Waals surface area contributed by atoms with Crippen molar-refractivity contribution < 1.29 is 19.2 Å². The molecule has 128 valence electrons. The van der Waals surface area contributed by atoms with Gasteiger partial charge in [0.25, 0.3) is 0 Å². The van der Waals surface area contributed by atoms with Gasteiger partial charge in [0.15, 0.2) is 0 Å². The van der Waals surface area contributed by atoms with Crippen LogP contribution in [0.4, 0.5) is 0 Å². The molecule has 0 saturated heterocycles. The predicted molar refractivity (Wildman–Crippen MR) is 91.6 cm³/mol. The van der Waals surface area contributed by atoms with Crippen LogP contribution in [0.3, 0.4) is 0 Å². The second kappa shape index (κ2) is 5.32. The Bertz CT molecular complexity index is 790. The van der Waals surface area contributed by atoms with E-state index in [1.807, 2.05) is 24.3 Å². The van der Waals surface area contributed by atoms with E-state index in [9.17, 15) is 19.2 Å². The van der Waals surface area contributed by atoms with Gasteiger partial charge < -0.3 is 0 Å². The van der Waals surface area contributed by atoms with E-state index in [-0.39, 0.29) is 11.8 Å². The second-order valence-corrected chi connectivity index (χ2v) is 7.83. The summed E-state index contributed by atoms with van der Waals surface area (Å²) in [5.74, 6) is -2.74. The van der Waals surface area contributed by atoms with E-state index >= 15 is 0 Å². The molecule has 4 aliphatic carbocycles. The SMILES string of the molecule is CC(C)(C(=O)C(=O)C1=C2C=CC1CC2)C(=O)C(=O)C1=C2C=CC1CC2. The van der Waals surface area contributed by atoms with E-state index in [4.69, 9.17) is 0 Å². The third kappa shape index (κ3) is 2.20. The number of fused-ring (bicyclic) bond motifs is 2. The number of Topliss-reactive ketones (excluding diaryl/α,β-unsaturated/α-hetero) is 4. The van der Waals surface area contributed by atoms with Crippen molar-refractivity contribution in [3.8, 4) is 0 Å². The first kappa shape index (κ1) is 16.1. The first-order chi connectivity index (χ1) is 11.8. The molecule has 2 atom stereocenters. The number of carbonyl (C=O) groups excluding carboxylic acids is 4. The van der Waals surface area contributed by atoms with E-state index in [2.05, 4.69) is 0 Å². The molecule has 0 amide bonds. The zero-order chi connectivity index (χ0) is 17.9. The van der Waals surface area contributed by atoms with Crippen LogP contribution < -0.4 is 0 Å². The number of allylic oxidation sites excluding steroid dienone is 8. The van der Waals surface area contributed by atoms with E-state index in [0.29, 0.717) is 11.1 Å². The molecule has 4 heteroatoms. The first-order valence-electron chi connectivity index (χ1n) is 8.83. The van der Waals surface area contributed by atoms with E-state index < -0.39 is 28.5 Å². The molecule has 0 radical (unpaired) electrons. The Morgan fingerprint density at radius 3 is 1.44 bits per heavy atom. The summed E-state index contributed by atoms with van der Waals surface area (Å²) < 4.78 is 0. The Morgan fingerprint density at radius 2 is 1.20 bits per heavy atom. The molecule has 0 fully saturated rings. The number of hydrogen-bond donors (Lipinski definition) is 0. The average Bonchev–Trinajstić information content (AvgIpc) is 3.38. The molecule has 4 nitrogen and oxygen atoms in total. The van der Waals surface area contributed by atoms with Gasteiger partial charge in [-0.05, 0) is 50.7 Å². The zero-order valence-corrected chi connectivity index (χ0v) is 14.4. The topological polar surface area (TPSA) is 68.3 Å². The Labute approximate surface area is 146 Å². The molecule has 0 spiro atoms. The Balaban J connectivity index is 1.57. The van der Waals surface area contributed by atoms with Crippen LogP contribution in [0.1, 0.15) is 39.5 Å². The van der Waals surface area contributed by atoms with Crippen molar-refractivity contribution in [3.63, 3.8) is 0 Å². The van der Waals surface area contributed by atoms with E-state index in [1.54, 1.807) is 0 Å². The second-order valence-electron chi connectivity index (χ2n) is 7.83. The first-order valence-corrected chi connectivity index (χ1v) is 8.83. The lowest BCUT2D eigenvalue weighted by molar-refractivity contribution is -0.149. The van der Waals surface area contributed by atoms with E-state index in [0.717, 1.165) is 36.8 Å². The maximum atomic E-state index is 12.8. The van der Waals surface area contributed by atoms with Gasteiger partial charge in [0, 0.05) is 23.0 Å². The molecule has 0 heterocycles. The highest BCUT2D eigenvalue weighted by molar-refractivity contribution is 6.57. The van der Waals surface area contributed by atoms with Gasteiger partial charge in [0.2, 0.25) is 23.1 Å². The van der Waals surface area contributed by atoms with Gasteiger partial charge in [-0.1, -0.05) is 24.3 Å². The summed E-state index contributed by atoms with van der Waals surface area (Å²) in [4.78, 5) is 51.0. The quantitative estimate of drug-likeness (QED) is 0.552. The van der Waals surface area contributed by atoms with Crippen LogP contribution in [-0.2, 0) is 19.2 Å². The molecule has 0 saturated carbocycles. The van der Waals surface area contributed by atoms with Gasteiger partial charge in [-0.15, -0.1) is 0 Å². The van der Waals surface area contributed by atoms with Crippen LogP contribution in [0.5, 0.6) is 0 Å². The smallest absolute Gasteiger partial charge is 0.226 e. The van der Waals surface area contributed by atoms with Gasteiger partial charge in [0.1, 0.15) is 0 Å². The molecule has 25 heavy (non-hydrogen) atoms. The molecule has 0 aliphatic heterocycles. The molecule has 4 aliphatic rings. The van der Waals surface area contributed by atoms with Crippen LogP contribution in [-0.4, -0.2) is 23.1 Å². The lowest BCUT2D eigenvalue weighted by atomic mass is 9.76. The molecular weight excluding hydrogens is 316 g/mol. The van der Waals surface area contributed by atoms with Crippen LogP contribution in [0.15, 0.2) is 46.6 Å². The summed E-state index contributed by atoms with van der Waals surface area (Å²) >= 11 is 0. The van der Waals surface area contributed by atoms with Crippen molar-refractivity contribution in [2.24, 2.45) is 17.3 Å². The number of hydrogen-bond acceptors (Lipinski definition) is 4. The fraction of sp³-hybridized carbons (Fsp3) is 0.429. The minimum Gasteiger partial charge on any atom is -0.289 e. The third-order valence-corrected chi connectivity index (χ3v) is 5.98. The monoisotopic (exact) mass is 336 g/mol. The highest BCUT2D eigenvalue weighted by Gasteiger charge is 2.48. The standard InChI is InChI=1S/C21H20O4/c1-21(2,19(24)17(22)15-11-3-4-12(15)6-5-11)20(25)18(23)16-13-7-8-14(16)10-9-13/h3-4,7-8,11,13H,5-6,9-10H2,1-2H3. The lowest BCUT2D eigenvalue weighted by Crippen LogP contribution is -2.43. The fourth-order valence-corrected chi connectivity index (χ4v) is 4.40. The highest BCUT2D eigenvalue weighted by atomic mass is 16.2. The average molecular weight is 336 g/mol. The maximum Gasteiger partial charge on any atom is 0.226 e. The van der Waals surface area contributed by atoms with Crippen molar-refractivity contribution in [1.82, 2.24) is 0 Å². The van der Waals surface area contributed by atoms with Gasteiger partial charge in [-0.25, -0.2) is 0 Å². The van der Waals surface area contributed by atoms with Gasteiger partial charge in [0.05, 0.1) is 5.41 Å². The summed E-state index contributed by atoms with van der Waals surface area (Å²) in [7, 11) is 0. The Kier molecular flexibility index (Phi) is 3.43. The molecule has 4 bridgehead atoms. The van der Waals surface area contributed by atoms with Crippen LogP contribution in [0, 0.1) is 17.3 Å². The maximum absolute atomic E-state index is 12.8.